The highest BCUT2D eigenvalue weighted by molar-refractivity contribution is 5.73. The largest absolute Gasteiger partial charge is 0.480 e. The average Bonchev–Trinajstić information content (AvgIpc) is 2.08. The van der Waals surface area contributed by atoms with Crippen LogP contribution >= 0.6 is 0 Å². The standard InChI is InChI=1S/C9H12N2O2/c1-6-2-3-11-5-7(6)4-8(10)9(12)13/h2-3,5,8H,4,10H2,1H3,(H,12,13)/t8-/m0/s1. The van der Waals surface area contributed by atoms with Gasteiger partial charge in [0, 0.05) is 12.4 Å². The van der Waals surface area contributed by atoms with Crippen molar-refractivity contribution in [2.75, 3.05) is 0 Å². The van der Waals surface area contributed by atoms with Gasteiger partial charge in [0.2, 0.25) is 0 Å². The van der Waals surface area contributed by atoms with Gasteiger partial charge in [-0.2, -0.15) is 0 Å². The highest BCUT2D eigenvalue weighted by Gasteiger charge is 2.12. The molecule has 0 aromatic carbocycles. The molecular formula is C9H12N2O2. The van der Waals surface area contributed by atoms with E-state index < -0.39 is 12.0 Å². The summed E-state index contributed by atoms with van der Waals surface area (Å²) >= 11 is 0. The zero-order valence-electron chi connectivity index (χ0n) is 7.40. The number of nitrogens with zero attached hydrogens (tertiary/aromatic N) is 1. The van der Waals surface area contributed by atoms with E-state index in [1.165, 1.54) is 0 Å². The van der Waals surface area contributed by atoms with Crippen molar-refractivity contribution in [2.24, 2.45) is 5.73 Å². The van der Waals surface area contributed by atoms with Crippen molar-refractivity contribution in [1.82, 2.24) is 4.98 Å². The Morgan fingerprint density at radius 2 is 2.46 bits per heavy atom. The molecule has 1 heterocycles. The molecule has 0 bridgehead atoms. The molecule has 0 unspecified atom stereocenters. The molecule has 0 saturated carbocycles. The van der Waals surface area contributed by atoms with Crippen molar-refractivity contribution in [3.8, 4) is 0 Å². The Labute approximate surface area is 76.4 Å². The van der Waals surface area contributed by atoms with E-state index in [1.807, 2.05) is 13.0 Å². The summed E-state index contributed by atoms with van der Waals surface area (Å²) in [5, 5.41) is 8.59. The lowest BCUT2D eigenvalue weighted by molar-refractivity contribution is -0.138. The molecule has 1 aromatic rings. The molecule has 1 rings (SSSR count). The van der Waals surface area contributed by atoms with Crippen molar-refractivity contribution in [3.63, 3.8) is 0 Å². The van der Waals surface area contributed by atoms with Crippen LogP contribution in [0.4, 0.5) is 0 Å². The van der Waals surface area contributed by atoms with E-state index in [-0.39, 0.29) is 0 Å². The molecule has 4 nitrogen and oxygen atoms in total. The summed E-state index contributed by atoms with van der Waals surface area (Å²) < 4.78 is 0. The third kappa shape index (κ3) is 2.52. The summed E-state index contributed by atoms with van der Waals surface area (Å²) in [4.78, 5) is 14.4. The van der Waals surface area contributed by atoms with Crippen LogP contribution in [0.3, 0.4) is 0 Å². The Hall–Kier alpha value is -1.42. The first-order valence-electron chi connectivity index (χ1n) is 3.99. The molecule has 1 aromatic heterocycles. The molecule has 0 amide bonds. The van der Waals surface area contributed by atoms with Crippen LogP contribution in [0, 0.1) is 6.92 Å². The number of carbonyl (C=O) groups is 1. The van der Waals surface area contributed by atoms with Gasteiger partial charge in [-0.1, -0.05) is 0 Å². The van der Waals surface area contributed by atoms with Crippen molar-refractivity contribution in [2.45, 2.75) is 19.4 Å². The fourth-order valence-electron chi connectivity index (χ4n) is 1.03. The molecule has 13 heavy (non-hydrogen) atoms. The highest BCUT2D eigenvalue weighted by atomic mass is 16.4. The number of aromatic nitrogens is 1. The quantitative estimate of drug-likeness (QED) is 0.703. The lowest BCUT2D eigenvalue weighted by atomic mass is 10.0. The van der Waals surface area contributed by atoms with Gasteiger partial charge in [0.25, 0.3) is 0 Å². The van der Waals surface area contributed by atoms with E-state index in [4.69, 9.17) is 10.8 Å². The fraction of sp³-hybridized carbons (Fsp3) is 0.333. The Morgan fingerprint density at radius 3 is 3.00 bits per heavy atom. The van der Waals surface area contributed by atoms with Gasteiger partial charge in [0.1, 0.15) is 6.04 Å². The molecule has 0 radical (unpaired) electrons. The summed E-state index contributed by atoms with van der Waals surface area (Å²) in [6, 6.07) is 0.993. The van der Waals surface area contributed by atoms with E-state index in [1.54, 1.807) is 12.4 Å². The van der Waals surface area contributed by atoms with Crippen LogP contribution in [0.1, 0.15) is 11.1 Å². The Kier molecular flexibility index (Phi) is 2.97. The van der Waals surface area contributed by atoms with Crippen molar-refractivity contribution in [1.29, 1.82) is 0 Å². The molecule has 0 aliphatic rings. The highest BCUT2D eigenvalue weighted by Crippen LogP contribution is 2.06. The van der Waals surface area contributed by atoms with Crippen LogP contribution in [0.5, 0.6) is 0 Å². The van der Waals surface area contributed by atoms with Gasteiger partial charge in [-0.05, 0) is 30.5 Å². The van der Waals surface area contributed by atoms with Gasteiger partial charge in [0.05, 0.1) is 0 Å². The SMILES string of the molecule is Cc1ccncc1C[C@H](N)C(=O)O. The van der Waals surface area contributed by atoms with E-state index in [2.05, 4.69) is 4.98 Å². The minimum absolute atomic E-state index is 0.328. The van der Waals surface area contributed by atoms with Gasteiger partial charge in [-0.25, -0.2) is 0 Å². The van der Waals surface area contributed by atoms with Crippen molar-refractivity contribution in [3.05, 3.63) is 29.6 Å². The molecular weight excluding hydrogens is 168 g/mol. The van der Waals surface area contributed by atoms with Crippen LogP contribution < -0.4 is 5.73 Å². The normalized spacial score (nSPS) is 12.5. The lowest BCUT2D eigenvalue weighted by Crippen LogP contribution is -2.32. The third-order valence-electron chi connectivity index (χ3n) is 1.90. The number of hydrogen-bond donors (Lipinski definition) is 2. The van der Waals surface area contributed by atoms with Gasteiger partial charge >= 0.3 is 5.97 Å². The molecule has 0 saturated heterocycles. The molecule has 3 N–H and O–H groups in total. The van der Waals surface area contributed by atoms with Crippen LogP contribution in [0.25, 0.3) is 0 Å². The first kappa shape index (κ1) is 9.67. The summed E-state index contributed by atoms with van der Waals surface area (Å²) in [7, 11) is 0. The number of aryl methyl sites for hydroxylation is 1. The van der Waals surface area contributed by atoms with Gasteiger partial charge in [0.15, 0.2) is 0 Å². The molecule has 70 valence electrons. The zero-order valence-corrected chi connectivity index (χ0v) is 7.40. The fourth-order valence-corrected chi connectivity index (χ4v) is 1.03. The number of carboxylic acid groups (broad SMARTS) is 1. The lowest BCUT2D eigenvalue weighted by Gasteiger charge is -2.07. The van der Waals surface area contributed by atoms with Crippen LogP contribution in [0.2, 0.25) is 0 Å². The maximum absolute atomic E-state index is 10.5. The van der Waals surface area contributed by atoms with E-state index >= 15 is 0 Å². The topological polar surface area (TPSA) is 76.2 Å². The first-order valence-corrected chi connectivity index (χ1v) is 3.99. The zero-order chi connectivity index (χ0) is 9.84. The van der Waals surface area contributed by atoms with E-state index in [0.717, 1.165) is 11.1 Å². The Bertz CT molecular complexity index is 312. The maximum atomic E-state index is 10.5. The third-order valence-corrected chi connectivity index (χ3v) is 1.90. The van der Waals surface area contributed by atoms with Crippen molar-refractivity contribution < 1.29 is 9.90 Å². The number of hydrogen-bond acceptors (Lipinski definition) is 3. The molecule has 0 aliphatic heterocycles. The first-order chi connectivity index (χ1) is 6.11. The monoisotopic (exact) mass is 180 g/mol. The molecule has 4 heteroatoms. The number of carboxylic acids is 1. The van der Waals surface area contributed by atoms with Gasteiger partial charge in [-0.3, -0.25) is 9.78 Å². The second kappa shape index (κ2) is 4.00. The van der Waals surface area contributed by atoms with Gasteiger partial charge in [-0.15, -0.1) is 0 Å². The summed E-state index contributed by atoms with van der Waals surface area (Å²) in [5.74, 6) is -0.983. The smallest absolute Gasteiger partial charge is 0.320 e. The predicted octanol–water partition coefficient (Wildman–Crippen LogP) is 0.344. The molecule has 0 fully saturated rings. The second-order valence-electron chi connectivity index (χ2n) is 2.95. The van der Waals surface area contributed by atoms with E-state index in [0.29, 0.717) is 6.42 Å². The number of pyridine rings is 1. The Balaban J connectivity index is 2.74. The van der Waals surface area contributed by atoms with Crippen LogP contribution in [-0.2, 0) is 11.2 Å². The summed E-state index contributed by atoms with van der Waals surface area (Å²) in [5.41, 5.74) is 7.30. The molecule has 0 spiro atoms. The molecule has 1 atom stereocenters. The number of aliphatic carboxylic acids is 1. The minimum Gasteiger partial charge on any atom is -0.480 e. The minimum atomic E-state index is -0.983. The van der Waals surface area contributed by atoms with E-state index in [9.17, 15) is 4.79 Å². The Morgan fingerprint density at radius 1 is 1.77 bits per heavy atom. The number of nitrogens with two attached hydrogens (primary N) is 1. The summed E-state index contributed by atoms with van der Waals surface area (Å²) in [6.07, 6.45) is 3.65. The second-order valence-corrected chi connectivity index (χ2v) is 2.95. The number of rotatable bonds is 3. The van der Waals surface area contributed by atoms with Crippen LogP contribution in [0.15, 0.2) is 18.5 Å². The van der Waals surface area contributed by atoms with Gasteiger partial charge < -0.3 is 10.8 Å². The summed E-state index contributed by atoms with van der Waals surface area (Å²) in [6.45, 7) is 1.91. The molecule has 0 aliphatic carbocycles. The van der Waals surface area contributed by atoms with Crippen LogP contribution in [-0.4, -0.2) is 22.1 Å². The van der Waals surface area contributed by atoms with Crippen molar-refractivity contribution >= 4 is 5.97 Å². The predicted molar refractivity (Wildman–Crippen MR) is 48.3 cm³/mol. The average molecular weight is 180 g/mol. The maximum Gasteiger partial charge on any atom is 0.320 e.